The number of nitrogens with two attached hydrogens (primary N) is 1. The van der Waals surface area contributed by atoms with Crippen molar-refractivity contribution in [3.05, 3.63) is 12.2 Å². The molecule has 0 radical (unpaired) electrons. The average molecular weight is 194 g/mol. The number of rotatable bonds is 3. The molecule has 0 aliphatic heterocycles. The van der Waals surface area contributed by atoms with Crippen molar-refractivity contribution in [1.29, 1.82) is 0 Å². The van der Waals surface area contributed by atoms with Crippen molar-refractivity contribution in [3.63, 3.8) is 0 Å². The standard InChI is InChI=1S/C10H18N4/c1-7(2)14-10(12-6-13-14)5-8-3-9(11)4-8/h6-9H,3-5,11H2,1-2H3. The molecule has 1 aromatic heterocycles. The van der Waals surface area contributed by atoms with Gasteiger partial charge < -0.3 is 5.73 Å². The van der Waals surface area contributed by atoms with E-state index in [1.54, 1.807) is 6.33 Å². The quantitative estimate of drug-likeness (QED) is 0.785. The number of hydrogen-bond donors (Lipinski definition) is 1. The minimum atomic E-state index is 0.404. The van der Waals surface area contributed by atoms with Gasteiger partial charge in [0.25, 0.3) is 0 Å². The van der Waals surface area contributed by atoms with E-state index in [9.17, 15) is 0 Å². The van der Waals surface area contributed by atoms with E-state index in [0.29, 0.717) is 12.1 Å². The molecule has 1 heterocycles. The van der Waals surface area contributed by atoms with Crippen LogP contribution in [0.25, 0.3) is 0 Å². The summed E-state index contributed by atoms with van der Waals surface area (Å²) in [6.45, 7) is 4.26. The van der Waals surface area contributed by atoms with Gasteiger partial charge in [0, 0.05) is 18.5 Å². The first-order valence-corrected chi connectivity index (χ1v) is 5.30. The Balaban J connectivity index is 1.98. The highest BCUT2D eigenvalue weighted by Crippen LogP contribution is 2.28. The van der Waals surface area contributed by atoms with Crippen LogP contribution in [-0.2, 0) is 6.42 Å². The molecule has 14 heavy (non-hydrogen) atoms. The molecule has 0 atom stereocenters. The van der Waals surface area contributed by atoms with Crippen molar-refractivity contribution < 1.29 is 0 Å². The fourth-order valence-electron chi connectivity index (χ4n) is 2.06. The van der Waals surface area contributed by atoms with Crippen LogP contribution in [0, 0.1) is 5.92 Å². The predicted octanol–water partition coefficient (Wildman–Crippen LogP) is 1.14. The molecule has 4 heteroatoms. The normalized spacial score (nSPS) is 26.6. The highest BCUT2D eigenvalue weighted by molar-refractivity contribution is 4.94. The van der Waals surface area contributed by atoms with Crippen LogP contribution in [0.1, 0.15) is 38.6 Å². The molecule has 0 saturated heterocycles. The molecule has 0 spiro atoms. The van der Waals surface area contributed by atoms with Crippen molar-refractivity contribution in [1.82, 2.24) is 14.8 Å². The van der Waals surface area contributed by atoms with Gasteiger partial charge in [-0.25, -0.2) is 9.67 Å². The van der Waals surface area contributed by atoms with E-state index in [0.717, 1.165) is 31.0 Å². The summed E-state index contributed by atoms with van der Waals surface area (Å²) in [6.07, 6.45) is 4.97. The van der Waals surface area contributed by atoms with E-state index in [4.69, 9.17) is 5.73 Å². The molecule has 2 N–H and O–H groups in total. The summed E-state index contributed by atoms with van der Waals surface area (Å²) in [5, 5.41) is 4.22. The van der Waals surface area contributed by atoms with Crippen LogP contribution in [0.15, 0.2) is 6.33 Å². The summed E-state index contributed by atoms with van der Waals surface area (Å²) in [5.41, 5.74) is 5.75. The van der Waals surface area contributed by atoms with Gasteiger partial charge in [0.15, 0.2) is 0 Å². The second kappa shape index (κ2) is 3.69. The number of nitrogens with zero attached hydrogens (tertiary/aromatic N) is 3. The van der Waals surface area contributed by atoms with E-state index >= 15 is 0 Å². The van der Waals surface area contributed by atoms with Crippen LogP contribution in [0.5, 0.6) is 0 Å². The maximum absolute atomic E-state index is 5.75. The molecule has 78 valence electrons. The average Bonchev–Trinajstić information content (AvgIpc) is 2.49. The fourth-order valence-corrected chi connectivity index (χ4v) is 2.06. The van der Waals surface area contributed by atoms with Gasteiger partial charge in [-0.15, -0.1) is 0 Å². The van der Waals surface area contributed by atoms with Gasteiger partial charge in [-0.1, -0.05) is 0 Å². The highest BCUT2D eigenvalue weighted by atomic mass is 15.3. The van der Waals surface area contributed by atoms with Gasteiger partial charge in [0.05, 0.1) is 0 Å². The van der Waals surface area contributed by atoms with Crippen molar-refractivity contribution >= 4 is 0 Å². The maximum Gasteiger partial charge on any atom is 0.138 e. The summed E-state index contributed by atoms with van der Waals surface area (Å²) >= 11 is 0. The van der Waals surface area contributed by atoms with E-state index in [-0.39, 0.29) is 0 Å². The van der Waals surface area contributed by atoms with Gasteiger partial charge >= 0.3 is 0 Å². The third-order valence-corrected chi connectivity index (χ3v) is 2.88. The van der Waals surface area contributed by atoms with Gasteiger partial charge in [-0.2, -0.15) is 5.10 Å². The molecule has 1 aromatic rings. The van der Waals surface area contributed by atoms with Crippen molar-refractivity contribution in [2.24, 2.45) is 11.7 Å². The third kappa shape index (κ3) is 1.80. The van der Waals surface area contributed by atoms with Gasteiger partial charge in [0.2, 0.25) is 0 Å². The molecule has 1 aliphatic rings. The summed E-state index contributed by atoms with van der Waals surface area (Å²) in [7, 11) is 0. The Bertz CT molecular complexity index is 299. The lowest BCUT2D eigenvalue weighted by Crippen LogP contribution is -2.37. The summed E-state index contributed by atoms with van der Waals surface area (Å²) in [5.74, 6) is 1.84. The molecular formula is C10H18N4. The molecule has 1 aliphatic carbocycles. The molecular weight excluding hydrogens is 176 g/mol. The van der Waals surface area contributed by atoms with Crippen LogP contribution >= 0.6 is 0 Å². The summed E-state index contributed by atoms with van der Waals surface area (Å²) in [4.78, 5) is 4.30. The highest BCUT2D eigenvalue weighted by Gasteiger charge is 2.27. The molecule has 4 nitrogen and oxygen atoms in total. The first kappa shape index (κ1) is 9.65. The molecule has 0 amide bonds. The van der Waals surface area contributed by atoms with Crippen LogP contribution < -0.4 is 5.73 Å². The zero-order valence-corrected chi connectivity index (χ0v) is 8.85. The Labute approximate surface area is 84.5 Å². The van der Waals surface area contributed by atoms with E-state index in [1.807, 2.05) is 4.68 Å². The largest absolute Gasteiger partial charge is 0.328 e. The van der Waals surface area contributed by atoms with Crippen LogP contribution in [-0.4, -0.2) is 20.8 Å². The van der Waals surface area contributed by atoms with Crippen LogP contribution in [0.2, 0.25) is 0 Å². The minimum absolute atomic E-state index is 0.404. The lowest BCUT2D eigenvalue weighted by Gasteiger charge is -2.32. The van der Waals surface area contributed by atoms with Crippen molar-refractivity contribution in [3.8, 4) is 0 Å². The second-order valence-corrected chi connectivity index (χ2v) is 4.52. The predicted molar refractivity (Wildman–Crippen MR) is 54.8 cm³/mol. The van der Waals surface area contributed by atoms with Gasteiger partial charge in [0.1, 0.15) is 12.2 Å². The Morgan fingerprint density at radius 2 is 2.29 bits per heavy atom. The lowest BCUT2D eigenvalue weighted by atomic mass is 9.78. The topological polar surface area (TPSA) is 56.7 Å². The third-order valence-electron chi connectivity index (χ3n) is 2.88. The molecule has 1 saturated carbocycles. The Kier molecular flexibility index (Phi) is 2.54. The second-order valence-electron chi connectivity index (χ2n) is 4.52. The van der Waals surface area contributed by atoms with E-state index in [1.165, 1.54) is 0 Å². The van der Waals surface area contributed by atoms with Crippen LogP contribution in [0.3, 0.4) is 0 Å². The lowest BCUT2D eigenvalue weighted by molar-refractivity contribution is 0.256. The van der Waals surface area contributed by atoms with Gasteiger partial charge in [-0.05, 0) is 32.6 Å². The first-order valence-electron chi connectivity index (χ1n) is 5.30. The van der Waals surface area contributed by atoms with E-state index in [2.05, 4.69) is 23.9 Å². The van der Waals surface area contributed by atoms with Gasteiger partial charge in [-0.3, -0.25) is 0 Å². The minimum Gasteiger partial charge on any atom is -0.328 e. The Hall–Kier alpha value is -0.900. The Morgan fingerprint density at radius 1 is 1.57 bits per heavy atom. The molecule has 0 bridgehead atoms. The van der Waals surface area contributed by atoms with Crippen molar-refractivity contribution in [2.45, 2.75) is 45.2 Å². The molecule has 2 rings (SSSR count). The molecule has 0 unspecified atom stereocenters. The monoisotopic (exact) mass is 194 g/mol. The van der Waals surface area contributed by atoms with Crippen LogP contribution in [0.4, 0.5) is 0 Å². The summed E-state index contributed by atoms with van der Waals surface area (Å²) < 4.78 is 2.00. The molecule has 1 fully saturated rings. The van der Waals surface area contributed by atoms with Crippen molar-refractivity contribution in [2.75, 3.05) is 0 Å². The fraction of sp³-hybridized carbons (Fsp3) is 0.800. The Morgan fingerprint density at radius 3 is 2.86 bits per heavy atom. The van der Waals surface area contributed by atoms with E-state index < -0.39 is 0 Å². The maximum atomic E-state index is 5.75. The smallest absolute Gasteiger partial charge is 0.138 e. The summed E-state index contributed by atoms with van der Waals surface area (Å²) in [6, 6.07) is 0.830. The zero-order chi connectivity index (χ0) is 10.1. The number of aromatic nitrogens is 3. The SMILES string of the molecule is CC(C)n1ncnc1CC1CC(N)C1. The number of hydrogen-bond acceptors (Lipinski definition) is 3. The molecule has 0 aromatic carbocycles. The zero-order valence-electron chi connectivity index (χ0n) is 8.85. The first-order chi connectivity index (χ1) is 6.66.